The first-order valence-electron chi connectivity index (χ1n) is 9.54. The second kappa shape index (κ2) is 10.7. The molecule has 0 bridgehead atoms. The molecule has 0 spiro atoms. The van der Waals surface area contributed by atoms with Crippen molar-refractivity contribution in [2.24, 2.45) is 0 Å². The van der Waals surface area contributed by atoms with Gasteiger partial charge >= 0.3 is 11.6 Å². The number of carbonyl (C=O) groups is 2. The van der Waals surface area contributed by atoms with Crippen LogP contribution in [0.25, 0.3) is 0 Å². The number of anilines is 2. The van der Waals surface area contributed by atoms with Gasteiger partial charge in [-0.05, 0) is 44.0 Å². The van der Waals surface area contributed by atoms with E-state index >= 15 is 0 Å². The second-order valence-corrected chi connectivity index (χ2v) is 7.12. The minimum atomic E-state index is -0.750. The summed E-state index contributed by atoms with van der Waals surface area (Å²) in [5.41, 5.74) is 4.89. The highest BCUT2D eigenvalue weighted by molar-refractivity contribution is 7.51. The third kappa shape index (κ3) is 5.60. The Bertz CT molecular complexity index is 884. The van der Waals surface area contributed by atoms with E-state index in [1.165, 1.54) is 16.8 Å². The van der Waals surface area contributed by atoms with Gasteiger partial charge in [-0.15, -0.1) is 0 Å². The Hall–Kier alpha value is -2.80. The Kier molecular flexibility index (Phi) is 8.27. The molecule has 0 fully saturated rings. The van der Waals surface area contributed by atoms with E-state index in [-0.39, 0.29) is 23.7 Å². The maximum absolute atomic E-state index is 11.4. The fraction of sp³-hybridized carbons (Fsp3) is 0.364. The molecular formula is C22H26N2O4S. The van der Waals surface area contributed by atoms with Gasteiger partial charge in [-0.1, -0.05) is 36.4 Å². The third-order valence-electron chi connectivity index (χ3n) is 5.16. The first-order valence-corrected chi connectivity index (χ1v) is 10.2. The maximum Gasteiger partial charge on any atom is 0.335 e. The van der Waals surface area contributed by atoms with Crippen LogP contribution in [0.2, 0.25) is 0 Å². The molecule has 2 aromatic rings. The molecule has 2 aromatic carbocycles. The smallest absolute Gasteiger partial charge is 0.335 e. The van der Waals surface area contributed by atoms with Crippen molar-refractivity contribution in [3.63, 3.8) is 0 Å². The number of Topliss-reactive ketones (excluding diaryl/α,β-unsaturated/α-hetero) is 2. The molecule has 0 aliphatic carbocycles. The van der Waals surface area contributed by atoms with Gasteiger partial charge in [0.2, 0.25) is 0 Å². The summed E-state index contributed by atoms with van der Waals surface area (Å²) in [7, 11) is 0. The number of ketones is 2. The Morgan fingerprint density at radius 1 is 0.966 bits per heavy atom. The van der Waals surface area contributed by atoms with Crippen LogP contribution in [-0.2, 0) is 34.0 Å². The van der Waals surface area contributed by atoms with Gasteiger partial charge in [-0.2, -0.15) is 8.42 Å². The van der Waals surface area contributed by atoms with E-state index in [1.54, 1.807) is 13.8 Å². The Balaban J connectivity index is 0.000000184. The quantitative estimate of drug-likeness (QED) is 0.831. The van der Waals surface area contributed by atoms with E-state index in [0.717, 1.165) is 25.1 Å². The molecule has 1 N–H and O–H groups in total. The number of carbonyl (C=O) groups excluding carboxylic acids is 2. The first-order chi connectivity index (χ1) is 13.9. The van der Waals surface area contributed by atoms with Gasteiger partial charge in [0, 0.05) is 30.8 Å². The highest BCUT2D eigenvalue weighted by Crippen LogP contribution is 2.31. The van der Waals surface area contributed by atoms with Crippen molar-refractivity contribution in [3.05, 3.63) is 59.7 Å². The lowest BCUT2D eigenvalue weighted by Gasteiger charge is -2.23. The van der Waals surface area contributed by atoms with E-state index < -0.39 is 11.6 Å². The number of nitrogens with one attached hydrogen (secondary N) is 1. The lowest BCUT2D eigenvalue weighted by molar-refractivity contribution is -0.118. The second-order valence-electron chi connectivity index (χ2n) is 6.98. The van der Waals surface area contributed by atoms with Crippen molar-refractivity contribution in [1.82, 2.24) is 0 Å². The minimum absolute atomic E-state index is 0.00222. The Morgan fingerprint density at radius 2 is 1.55 bits per heavy atom. The molecule has 0 amide bonds. The molecule has 2 aliphatic rings. The summed E-state index contributed by atoms with van der Waals surface area (Å²) in [6.07, 6.45) is 1.71. The lowest BCUT2D eigenvalue weighted by atomic mass is 10.1. The Morgan fingerprint density at radius 3 is 2.10 bits per heavy atom. The van der Waals surface area contributed by atoms with Crippen LogP contribution in [-0.4, -0.2) is 38.6 Å². The Labute approximate surface area is 174 Å². The van der Waals surface area contributed by atoms with E-state index in [9.17, 15) is 9.59 Å². The van der Waals surface area contributed by atoms with Gasteiger partial charge in [0.15, 0.2) is 11.6 Å². The molecule has 0 radical (unpaired) electrons. The van der Waals surface area contributed by atoms with Gasteiger partial charge in [0.1, 0.15) is 0 Å². The van der Waals surface area contributed by atoms with Crippen LogP contribution in [0.5, 0.6) is 0 Å². The molecule has 29 heavy (non-hydrogen) atoms. The van der Waals surface area contributed by atoms with Gasteiger partial charge in [0.05, 0.1) is 12.1 Å². The SMILES string of the molecule is CC(=O)C1Cc2ccccc2N1.CCN1c2ccccc2CC1C(C)=O.O=S=O. The number of hydrogen-bond acceptors (Lipinski definition) is 6. The number of likely N-dealkylation sites (N-methyl/N-ethyl adjacent to an activating group) is 1. The van der Waals surface area contributed by atoms with Crippen LogP contribution in [0.1, 0.15) is 31.9 Å². The van der Waals surface area contributed by atoms with Crippen molar-refractivity contribution < 1.29 is 18.0 Å². The van der Waals surface area contributed by atoms with Crippen LogP contribution in [0.15, 0.2) is 48.5 Å². The summed E-state index contributed by atoms with van der Waals surface area (Å²) in [6, 6.07) is 16.4. The highest BCUT2D eigenvalue weighted by atomic mass is 32.1. The van der Waals surface area contributed by atoms with Crippen LogP contribution >= 0.6 is 0 Å². The first kappa shape index (κ1) is 22.5. The zero-order valence-electron chi connectivity index (χ0n) is 16.9. The molecular weight excluding hydrogens is 388 g/mol. The van der Waals surface area contributed by atoms with Crippen LogP contribution in [0, 0.1) is 0 Å². The molecule has 4 rings (SSSR count). The number of benzene rings is 2. The largest absolute Gasteiger partial charge is 0.375 e. The maximum atomic E-state index is 11.4. The van der Waals surface area contributed by atoms with E-state index in [0.29, 0.717) is 0 Å². The zero-order chi connectivity index (χ0) is 21.4. The van der Waals surface area contributed by atoms with E-state index in [1.807, 2.05) is 30.3 Å². The number of nitrogens with zero attached hydrogens (tertiary/aromatic N) is 1. The molecule has 2 aliphatic heterocycles. The van der Waals surface area contributed by atoms with Gasteiger partial charge in [0.25, 0.3) is 0 Å². The molecule has 6 nitrogen and oxygen atoms in total. The standard InChI is InChI=1S/C12H15NO.C10H11NO.O2S/c1-3-13-11-7-5-4-6-10(11)8-12(13)9(2)14;1-7(12)10-6-8-4-2-3-5-9(8)11-10;1-3-2/h4-7,12H,3,8H2,1-2H3;2-5,10-11H,6H2,1H3;. The number of fused-ring (bicyclic) bond motifs is 2. The average molecular weight is 415 g/mol. The summed E-state index contributed by atoms with van der Waals surface area (Å²) in [6.45, 7) is 6.31. The van der Waals surface area contributed by atoms with Crippen LogP contribution < -0.4 is 10.2 Å². The number of hydrogen-bond donors (Lipinski definition) is 1. The average Bonchev–Trinajstić information content (AvgIpc) is 3.30. The molecule has 0 saturated heterocycles. The summed E-state index contributed by atoms with van der Waals surface area (Å²) in [4.78, 5) is 24.7. The van der Waals surface area contributed by atoms with Gasteiger partial charge in [-0.3, -0.25) is 9.59 Å². The molecule has 7 heteroatoms. The zero-order valence-corrected chi connectivity index (χ0v) is 17.7. The monoisotopic (exact) mass is 414 g/mol. The fourth-order valence-electron chi connectivity index (χ4n) is 3.75. The van der Waals surface area contributed by atoms with Crippen molar-refractivity contribution in [3.8, 4) is 0 Å². The molecule has 2 unspecified atom stereocenters. The van der Waals surface area contributed by atoms with Crippen molar-refractivity contribution in [2.45, 2.75) is 45.7 Å². The predicted molar refractivity (Wildman–Crippen MR) is 115 cm³/mol. The molecule has 154 valence electrons. The molecule has 0 aromatic heterocycles. The van der Waals surface area contributed by atoms with Crippen LogP contribution in [0.4, 0.5) is 11.4 Å². The topological polar surface area (TPSA) is 83.6 Å². The molecule has 2 atom stereocenters. The summed E-state index contributed by atoms with van der Waals surface area (Å²) < 4.78 is 16.6. The van der Waals surface area contributed by atoms with Gasteiger partial charge in [-0.25, -0.2) is 0 Å². The van der Waals surface area contributed by atoms with Crippen molar-refractivity contribution in [2.75, 3.05) is 16.8 Å². The lowest BCUT2D eigenvalue weighted by Crippen LogP contribution is -2.37. The fourth-order valence-corrected chi connectivity index (χ4v) is 3.75. The van der Waals surface area contributed by atoms with Gasteiger partial charge < -0.3 is 10.2 Å². The van der Waals surface area contributed by atoms with Crippen LogP contribution in [0.3, 0.4) is 0 Å². The third-order valence-corrected chi connectivity index (χ3v) is 5.16. The predicted octanol–water partition coefficient (Wildman–Crippen LogP) is 2.97. The number of rotatable bonds is 3. The summed E-state index contributed by atoms with van der Waals surface area (Å²) in [5, 5.41) is 3.18. The summed E-state index contributed by atoms with van der Waals surface area (Å²) >= 11 is -0.750. The number of para-hydroxylation sites is 2. The normalized spacial score (nSPS) is 18.1. The van der Waals surface area contributed by atoms with E-state index in [4.69, 9.17) is 8.42 Å². The van der Waals surface area contributed by atoms with E-state index in [2.05, 4.69) is 35.3 Å². The van der Waals surface area contributed by atoms with Crippen molar-refractivity contribution >= 4 is 34.5 Å². The molecule has 2 heterocycles. The highest BCUT2D eigenvalue weighted by Gasteiger charge is 2.30. The minimum Gasteiger partial charge on any atom is -0.375 e. The summed E-state index contributed by atoms with van der Waals surface area (Å²) in [5.74, 6) is 0.481. The molecule has 0 saturated carbocycles. The van der Waals surface area contributed by atoms with Crippen molar-refractivity contribution in [1.29, 1.82) is 0 Å².